The summed E-state index contributed by atoms with van der Waals surface area (Å²) in [7, 11) is 0. The fourth-order valence-corrected chi connectivity index (χ4v) is 1.60. The minimum Gasteiger partial charge on any atom is -0.390 e. The van der Waals surface area contributed by atoms with E-state index in [4.69, 9.17) is 0 Å². The highest BCUT2D eigenvalue weighted by atomic mass is 19.4. The summed E-state index contributed by atoms with van der Waals surface area (Å²) in [5.74, 6) is -1.28. The van der Waals surface area contributed by atoms with Crippen LogP contribution in [0.4, 0.5) is 17.6 Å². The summed E-state index contributed by atoms with van der Waals surface area (Å²) < 4.78 is 50.1. The van der Waals surface area contributed by atoms with Crippen LogP contribution in [-0.4, -0.2) is 10.7 Å². The molecule has 0 bridgehead atoms. The summed E-state index contributed by atoms with van der Waals surface area (Å²) in [4.78, 5) is 0. The smallest absolute Gasteiger partial charge is 0.390 e. The third kappa shape index (κ3) is 2.35. The van der Waals surface area contributed by atoms with Gasteiger partial charge in [-0.1, -0.05) is 6.07 Å². The standard InChI is InChI=1S/C11H10F4O/c12-9-2-1-7(6-10(16)3-4-10)5-8(9)11(13,14)15/h1-2,5,16H,3-4,6H2. The van der Waals surface area contributed by atoms with Crippen LogP contribution in [0.5, 0.6) is 0 Å². The minimum atomic E-state index is -4.69. The predicted molar refractivity (Wildman–Crippen MR) is 49.3 cm³/mol. The molecule has 0 spiro atoms. The Morgan fingerprint density at radius 2 is 1.88 bits per heavy atom. The van der Waals surface area contributed by atoms with Gasteiger partial charge < -0.3 is 5.11 Å². The molecule has 1 aromatic carbocycles. The molecule has 0 atom stereocenters. The number of alkyl halides is 3. The minimum absolute atomic E-state index is 0.149. The number of rotatable bonds is 2. The summed E-state index contributed by atoms with van der Waals surface area (Å²) in [6.45, 7) is 0. The highest BCUT2D eigenvalue weighted by molar-refractivity contribution is 5.29. The van der Waals surface area contributed by atoms with Crippen LogP contribution in [0.15, 0.2) is 18.2 Å². The second-order valence-electron chi connectivity index (χ2n) is 4.21. The van der Waals surface area contributed by atoms with Gasteiger partial charge in [0.1, 0.15) is 5.82 Å². The summed E-state index contributed by atoms with van der Waals surface area (Å²) in [5.41, 5.74) is -1.83. The average Bonchev–Trinajstić information content (AvgIpc) is 2.85. The van der Waals surface area contributed by atoms with E-state index in [-0.39, 0.29) is 6.42 Å². The lowest BCUT2D eigenvalue weighted by molar-refractivity contribution is -0.140. The Kier molecular flexibility index (Phi) is 2.45. The highest BCUT2D eigenvalue weighted by Crippen LogP contribution is 2.39. The van der Waals surface area contributed by atoms with E-state index in [2.05, 4.69) is 0 Å². The van der Waals surface area contributed by atoms with Crippen LogP contribution in [-0.2, 0) is 12.6 Å². The van der Waals surface area contributed by atoms with E-state index >= 15 is 0 Å². The molecular weight excluding hydrogens is 224 g/mol. The van der Waals surface area contributed by atoms with Crippen molar-refractivity contribution in [3.8, 4) is 0 Å². The molecule has 2 rings (SSSR count). The Hall–Kier alpha value is -1.10. The molecule has 1 aromatic rings. The molecule has 1 nitrogen and oxygen atoms in total. The maximum Gasteiger partial charge on any atom is 0.419 e. The van der Waals surface area contributed by atoms with Gasteiger partial charge in [-0.2, -0.15) is 13.2 Å². The molecule has 0 saturated heterocycles. The van der Waals surface area contributed by atoms with Crippen molar-refractivity contribution in [2.24, 2.45) is 0 Å². The first-order valence-corrected chi connectivity index (χ1v) is 4.88. The van der Waals surface area contributed by atoms with Gasteiger partial charge in [0, 0.05) is 6.42 Å². The van der Waals surface area contributed by atoms with Crippen molar-refractivity contribution in [3.05, 3.63) is 35.1 Å². The molecule has 0 aliphatic heterocycles. The molecular formula is C11H10F4O. The zero-order valence-corrected chi connectivity index (χ0v) is 8.31. The molecule has 1 saturated carbocycles. The second-order valence-corrected chi connectivity index (χ2v) is 4.21. The third-order valence-electron chi connectivity index (χ3n) is 2.70. The van der Waals surface area contributed by atoms with Crippen molar-refractivity contribution in [2.75, 3.05) is 0 Å². The largest absolute Gasteiger partial charge is 0.419 e. The van der Waals surface area contributed by atoms with Crippen LogP contribution in [0.1, 0.15) is 24.0 Å². The SMILES string of the molecule is OC1(Cc2ccc(F)c(C(F)(F)F)c2)CC1. The van der Waals surface area contributed by atoms with Crippen LogP contribution >= 0.6 is 0 Å². The monoisotopic (exact) mass is 234 g/mol. The van der Waals surface area contributed by atoms with Crippen LogP contribution < -0.4 is 0 Å². The van der Waals surface area contributed by atoms with Gasteiger partial charge in [-0.3, -0.25) is 0 Å². The van der Waals surface area contributed by atoms with Crippen molar-refractivity contribution in [3.63, 3.8) is 0 Å². The molecule has 0 radical (unpaired) electrons. The highest BCUT2D eigenvalue weighted by Gasteiger charge is 2.41. The zero-order valence-electron chi connectivity index (χ0n) is 8.31. The summed E-state index contributed by atoms with van der Waals surface area (Å²) in [6, 6.07) is 2.84. The Morgan fingerprint density at radius 3 is 2.38 bits per heavy atom. The summed E-state index contributed by atoms with van der Waals surface area (Å²) in [6.07, 6.45) is -3.36. The van der Waals surface area contributed by atoms with Crippen molar-refractivity contribution >= 4 is 0 Å². The number of halogens is 4. The van der Waals surface area contributed by atoms with Gasteiger partial charge in [0.25, 0.3) is 0 Å². The van der Waals surface area contributed by atoms with E-state index in [0.717, 1.165) is 12.1 Å². The summed E-state index contributed by atoms with van der Waals surface area (Å²) in [5, 5.41) is 9.57. The van der Waals surface area contributed by atoms with Gasteiger partial charge in [-0.25, -0.2) is 4.39 Å². The van der Waals surface area contributed by atoms with Crippen molar-refractivity contribution in [2.45, 2.75) is 31.0 Å². The lowest BCUT2D eigenvalue weighted by Gasteiger charge is -2.12. The molecule has 1 fully saturated rings. The first-order chi connectivity index (χ1) is 7.30. The van der Waals surface area contributed by atoms with Crippen LogP contribution in [0, 0.1) is 5.82 Å². The quantitative estimate of drug-likeness (QED) is 0.780. The maximum atomic E-state index is 12.9. The second kappa shape index (κ2) is 3.45. The first kappa shape index (κ1) is 11.4. The molecule has 1 aliphatic rings. The van der Waals surface area contributed by atoms with Crippen LogP contribution in [0.25, 0.3) is 0 Å². The Morgan fingerprint density at radius 1 is 1.25 bits per heavy atom. The van der Waals surface area contributed by atoms with Gasteiger partial charge in [0.15, 0.2) is 0 Å². The molecule has 0 amide bonds. The van der Waals surface area contributed by atoms with E-state index in [9.17, 15) is 22.7 Å². The zero-order chi connectivity index (χ0) is 12.0. The molecule has 1 aliphatic carbocycles. The number of benzene rings is 1. The van der Waals surface area contributed by atoms with Crippen molar-refractivity contribution < 1.29 is 22.7 Å². The van der Waals surface area contributed by atoms with Crippen LogP contribution in [0.3, 0.4) is 0 Å². The molecule has 5 heteroatoms. The lowest BCUT2D eigenvalue weighted by atomic mass is 10.0. The van der Waals surface area contributed by atoms with Crippen molar-refractivity contribution in [1.82, 2.24) is 0 Å². The van der Waals surface area contributed by atoms with Gasteiger partial charge >= 0.3 is 6.18 Å². The lowest BCUT2D eigenvalue weighted by Crippen LogP contribution is -2.13. The maximum absolute atomic E-state index is 12.9. The number of aliphatic hydroxyl groups is 1. The van der Waals surface area contributed by atoms with Gasteiger partial charge in [0.2, 0.25) is 0 Å². The molecule has 1 N–H and O–H groups in total. The molecule has 0 unspecified atom stereocenters. The number of hydrogen-bond donors (Lipinski definition) is 1. The Balaban J connectivity index is 2.28. The van der Waals surface area contributed by atoms with Crippen molar-refractivity contribution in [1.29, 1.82) is 0 Å². The number of hydrogen-bond acceptors (Lipinski definition) is 1. The van der Waals surface area contributed by atoms with Gasteiger partial charge in [-0.15, -0.1) is 0 Å². The summed E-state index contributed by atoms with van der Waals surface area (Å²) >= 11 is 0. The average molecular weight is 234 g/mol. The fourth-order valence-electron chi connectivity index (χ4n) is 1.60. The molecule has 88 valence electrons. The first-order valence-electron chi connectivity index (χ1n) is 4.88. The van der Waals surface area contributed by atoms with E-state index in [0.29, 0.717) is 18.4 Å². The third-order valence-corrected chi connectivity index (χ3v) is 2.70. The molecule has 16 heavy (non-hydrogen) atoms. The van der Waals surface area contributed by atoms with E-state index < -0.39 is 23.2 Å². The normalized spacial score (nSPS) is 18.6. The van der Waals surface area contributed by atoms with E-state index in [1.165, 1.54) is 6.07 Å². The Labute approximate surface area is 89.7 Å². The Bertz CT molecular complexity index is 407. The predicted octanol–water partition coefficient (Wildman–Crippen LogP) is 2.91. The van der Waals surface area contributed by atoms with Gasteiger partial charge in [-0.05, 0) is 30.5 Å². The molecule has 0 aromatic heterocycles. The van der Waals surface area contributed by atoms with E-state index in [1.807, 2.05) is 0 Å². The van der Waals surface area contributed by atoms with Gasteiger partial charge in [0.05, 0.1) is 11.2 Å². The van der Waals surface area contributed by atoms with Crippen LogP contribution in [0.2, 0.25) is 0 Å². The molecule has 0 heterocycles. The van der Waals surface area contributed by atoms with E-state index in [1.54, 1.807) is 0 Å². The topological polar surface area (TPSA) is 20.2 Å². The fraction of sp³-hybridized carbons (Fsp3) is 0.455.